The predicted molar refractivity (Wildman–Crippen MR) is 98.6 cm³/mol. The predicted octanol–water partition coefficient (Wildman–Crippen LogP) is 3.18. The maximum absolute atomic E-state index is 12.3. The van der Waals surface area contributed by atoms with Crippen molar-refractivity contribution in [2.45, 2.75) is 31.9 Å². The highest BCUT2D eigenvalue weighted by atomic mass is 16.5. The van der Waals surface area contributed by atoms with Crippen molar-refractivity contribution < 1.29 is 14.3 Å². The molecule has 3 aliphatic rings. The zero-order valence-corrected chi connectivity index (χ0v) is 15.2. The molecule has 5 heteroatoms. The van der Waals surface area contributed by atoms with Crippen LogP contribution in [0.25, 0.3) is 10.9 Å². The first-order valence-corrected chi connectivity index (χ1v) is 9.44. The third kappa shape index (κ3) is 2.23. The molecule has 0 aliphatic carbocycles. The maximum atomic E-state index is 12.3. The molecule has 1 aromatic heterocycles. The summed E-state index contributed by atoms with van der Waals surface area (Å²) in [6, 6.07) is 8.88. The summed E-state index contributed by atoms with van der Waals surface area (Å²) in [5, 5.41) is 1.34. The fourth-order valence-electron chi connectivity index (χ4n) is 5.19. The molecule has 1 saturated heterocycles. The molecule has 0 saturated carbocycles. The molecule has 136 valence electrons. The van der Waals surface area contributed by atoms with Gasteiger partial charge in [-0.2, -0.15) is 0 Å². The first-order chi connectivity index (χ1) is 12.7. The summed E-state index contributed by atoms with van der Waals surface area (Å²) < 4.78 is 10.8. The molecule has 5 nitrogen and oxygen atoms in total. The molecule has 4 heterocycles. The van der Waals surface area contributed by atoms with E-state index in [-0.39, 0.29) is 18.0 Å². The fraction of sp³-hybridized carbons (Fsp3) is 0.476. The molecule has 1 N–H and O–H groups in total. The van der Waals surface area contributed by atoms with E-state index in [9.17, 15) is 4.79 Å². The molecular formula is C21H24N2O3. The number of piperidine rings is 1. The van der Waals surface area contributed by atoms with Crippen LogP contribution in [0.3, 0.4) is 0 Å². The Morgan fingerprint density at radius 1 is 1.35 bits per heavy atom. The van der Waals surface area contributed by atoms with Crippen LogP contribution in [0.1, 0.15) is 30.6 Å². The van der Waals surface area contributed by atoms with E-state index in [0.29, 0.717) is 17.5 Å². The Hall–Kier alpha value is -2.27. The summed E-state index contributed by atoms with van der Waals surface area (Å²) in [5.74, 6) is 0.258. The summed E-state index contributed by atoms with van der Waals surface area (Å²) in [5.41, 5.74) is 4.69. The maximum Gasteiger partial charge on any atom is 0.337 e. The standard InChI is InChI=1S/C21H24N2O3/c1-12-16-10-23-8-7-14-13-5-3-4-6-18(13)22-20(14)19(23)9-15(16)17(11-26-12)21(24)25-2/h3-6,11-12,15-16,19,22H,7-10H2,1-2H3/t12-,15+,16?,19+/m1/s1. The smallest absolute Gasteiger partial charge is 0.337 e. The Bertz CT molecular complexity index is 900. The van der Waals surface area contributed by atoms with Gasteiger partial charge in [0.2, 0.25) is 0 Å². The molecule has 26 heavy (non-hydrogen) atoms. The van der Waals surface area contributed by atoms with E-state index in [0.717, 1.165) is 25.9 Å². The molecule has 0 spiro atoms. The van der Waals surface area contributed by atoms with E-state index in [1.54, 1.807) is 6.26 Å². The minimum absolute atomic E-state index is 0.124. The van der Waals surface area contributed by atoms with Crippen LogP contribution in [-0.2, 0) is 20.7 Å². The third-order valence-corrected chi connectivity index (χ3v) is 6.54. The molecular weight excluding hydrogens is 328 g/mol. The van der Waals surface area contributed by atoms with Gasteiger partial charge in [0, 0.05) is 41.5 Å². The van der Waals surface area contributed by atoms with Gasteiger partial charge in [-0.05, 0) is 31.4 Å². The summed E-state index contributed by atoms with van der Waals surface area (Å²) in [7, 11) is 1.45. The first kappa shape index (κ1) is 15.9. The lowest BCUT2D eigenvalue weighted by atomic mass is 9.72. The molecule has 5 rings (SSSR count). The monoisotopic (exact) mass is 352 g/mol. The van der Waals surface area contributed by atoms with Crippen LogP contribution in [0.2, 0.25) is 0 Å². The molecule has 0 bridgehead atoms. The van der Waals surface area contributed by atoms with E-state index in [1.807, 2.05) is 0 Å². The van der Waals surface area contributed by atoms with Crippen molar-refractivity contribution in [3.63, 3.8) is 0 Å². The highest BCUT2D eigenvalue weighted by Crippen LogP contribution is 2.47. The molecule has 0 radical (unpaired) electrons. The number of ether oxygens (including phenoxy) is 2. The second-order valence-corrected chi connectivity index (χ2v) is 7.74. The number of para-hydroxylation sites is 1. The molecule has 2 aromatic rings. The number of benzene rings is 1. The molecule has 1 fully saturated rings. The average molecular weight is 352 g/mol. The number of aromatic nitrogens is 1. The topological polar surface area (TPSA) is 54.6 Å². The van der Waals surface area contributed by atoms with Crippen LogP contribution in [0.15, 0.2) is 36.1 Å². The Labute approximate surface area is 153 Å². The van der Waals surface area contributed by atoms with Gasteiger partial charge in [-0.3, -0.25) is 4.90 Å². The van der Waals surface area contributed by atoms with Crippen LogP contribution in [0, 0.1) is 11.8 Å². The van der Waals surface area contributed by atoms with E-state index in [2.05, 4.69) is 41.1 Å². The molecule has 3 aliphatic heterocycles. The Morgan fingerprint density at radius 2 is 2.19 bits per heavy atom. The minimum atomic E-state index is -0.256. The number of H-pyrrole nitrogens is 1. The lowest BCUT2D eigenvalue weighted by Crippen LogP contribution is -2.51. The first-order valence-electron chi connectivity index (χ1n) is 9.44. The van der Waals surface area contributed by atoms with Crippen LogP contribution >= 0.6 is 0 Å². The number of nitrogens with one attached hydrogen (secondary N) is 1. The van der Waals surface area contributed by atoms with Gasteiger partial charge in [0.25, 0.3) is 0 Å². The lowest BCUT2D eigenvalue weighted by Gasteiger charge is -2.49. The van der Waals surface area contributed by atoms with Crippen LogP contribution in [0.4, 0.5) is 0 Å². The van der Waals surface area contributed by atoms with Crippen molar-refractivity contribution in [3.05, 3.63) is 47.4 Å². The summed E-state index contributed by atoms with van der Waals surface area (Å²) in [6.07, 6.45) is 3.77. The van der Waals surface area contributed by atoms with Crippen LogP contribution < -0.4 is 0 Å². The van der Waals surface area contributed by atoms with Crippen molar-refractivity contribution in [1.29, 1.82) is 0 Å². The van der Waals surface area contributed by atoms with E-state index in [1.165, 1.54) is 29.3 Å². The number of hydrogen-bond acceptors (Lipinski definition) is 4. The third-order valence-electron chi connectivity index (χ3n) is 6.54. The molecule has 1 unspecified atom stereocenters. The highest BCUT2D eigenvalue weighted by Gasteiger charge is 2.46. The van der Waals surface area contributed by atoms with Crippen LogP contribution in [0.5, 0.6) is 0 Å². The quantitative estimate of drug-likeness (QED) is 0.801. The largest absolute Gasteiger partial charge is 0.497 e. The number of aromatic amines is 1. The van der Waals surface area contributed by atoms with E-state index in [4.69, 9.17) is 9.47 Å². The number of carbonyl (C=O) groups excluding carboxylic acids is 1. The Morgan fingerprint density at radius 3 is 3.04 bits per heavy atom. The number of fused-ring (bicyclic) bond motifs is 6. The van der Waals surface area contributed by atoms with Crippen molar-refractivity contribution in [1.82, 2.24) is 9.88 Å². The zero-order chi connectivity index (χ0) is 17.8. The number of methoxy groups -OCH3 is 1. The number of rotatable bonds is 1. The average Bonchev–Trinajstić information content (AvgIpc) is 3.06. The number of carbonyl (C=O) groups is 1. The normalized spacial score (nSPS) is 30.6. The highest BCUT2D eigenvalue weighted by molar-refractivity contribution is 5.89. The number of esters is 1. The molecule has 0 amide bonds. The summed E-state index contributed by atoms with van der Waals surface area (Å²) in [6.45, 7) is 4.13. The zero-order valence-electron chi connectivity index (χ0n) is 15.2. The van der Waals surface area contributed by atoms with Gasteiger partial charge in [-0.1, -0.05) is 18.2 Å². The second kappa shape index (κ2) is 5.88. The molecule has 1 aromatic carbocycles. The second-order valence-electron chi connectivity index (χ2n) is 7.74. The minimum Gasteiger partial charge on any atom is -0.497 e. The van der Waals surface area contributed by atoms with Gasteiger partial charge >= 0.3 is 5.97 Å². The fourth-order valence-corrected chi connectivity index (χ4v) is 5.19. The summed E-state index contributed by atoms with van der Waals surface area (Å²) >= 11 is 0. The van der Waals surface area contributed by atoms with Gasteiger partial charge in [-0.15, -0.1) is 0 Å². The van der Waals surface area contributed by atoms with Gasteiger partial charge in [0.15, 0.2) is 0 Å². The van der Waals surface area contributed by atoms with Crippen LogP contribution in [-0.4, -0.2) is 42.2 Å². The SMILES string of the molecule is COC(=O)C1=CO[C@H](C)C2CN3CCc4c([nH]c5ccccc45)[C@@H]3C[C@H]12. The van der Waals surface area contributed by atoms with Gasteiger partial charge in [-0.25, -0.2) is 4.79 Å². The van der Waals surface area contributed by atoms with E-state index >= 15 is 0 Å². The lowest BCUT2D eigenvalue weighted by molar-refractivity contribution is -0.139. The van der Waals surface area contributed by atoms with Gasteiger partial charge in [0.1, 0.15) is 0 Å². The van der Waals surface area contributed by atoms with Gasteiger partial charge in [0.05, 0.1) is 31.1 Å². The Kier molecular flexibility index (Phi) is 3.60. The molecule has 4 atom stereocenters. The summed E-state index contributed by atoms with van der Waals surface area (Å²) in [4.78, 5) is 18.5. The number of nitrogens with zero attached hydrogens (tertiary/aromatic N) is 1. The number of hydrogen-bond donors (Lipinski definition) is 1. The van der Waals surface area contributed by atoms with Gasteiger partial charge < -0.3 is 14.5 Å². The van der Waals surface area contributed by atoms with E-state index < -0.39 is 0 Å². The van der Waals surface area contributed by atoms with Crippen molar-refractivity contribution >= 4 is 16.9 Å². The Balaban J connectivity index is 1.55. The van der Waals surface area contributed by atoms with Crippen molar-refractivity contribution in [2.75, 3.05) is 20.2 Å². The van der Waals surface area contributed by atoms with Crippen molar-refractivity contribution in [2.24, 2.45) is 11.8 Å². The van der Waals surface area contributed by atoms with Crippen molar-refractivity contribution in [3.8, 4) is 0 Å².